The van der Waals surface area contributed by atoms with Gasteiger partial charge in [-0.05, 0) is 49.6 Å². The summed E-state index contributed by atoms with van der Waals surface area (Å²) in [6.07, 6.45) is 3.96. The highest BCUT2D eigenvalue weighted by molar-refractivity contribution is 5.65. The van der Waals surface area contributed by atoms with Crippen molar-refractivity contribution in [3.05, 3.63) is 54.1 Å². The second-order valence-electron chi connectivity index (χ2n) is 7.25. The van der Waals surface area contributed by atoms with E-state index in [2.05, 4.69) is 58.3 Å². The number of methoxy groups -OCH3 is 1. The average molecular weight is 320 g/mol. The highest BCUT2D eigenvalue weighted by Gasteiger charge is 2.48. The highest BCUT2D eigenvalue weighted by atomic mass is 16.5. The fraction of sp³-hybridized carbons (Fsp3) is 0.429. The Labute approximate surface area is 143 Å². The fourth-order valence-electron chi connectivity index (χ4n) is 5.22. The van der Waals surface area contributed by atoms with Crippen LogP contribution in [-0.2, 0) is 0 Å². The van der Waals surface area contributed by atoms with Gasteiger partial charge in [0.15, 0.2) is 0 Å². The smallest absolute Gasteiger partial charge is 0.119 e. The molecule has 0 aliphatic carbocycles. The first-order valence-corrected chi connectivity index (χ1v) is 9.13. The van der Waals surface area contributed by atoms with Gasteiger partial charge in [-0.15, -0.1) is 0 Å². The van der Waals surface area contributed by atoms with Gasteiger partial charge in [0.2, 0.25) is 0 Å². The number of hydrogen-bond donors (Lipinski definition) is 0. The van der Waals surface area contributed by atoms with E-state index in [1.807, 2.05) is 0 Å². The third-order valence-electron chi connectivity index (χ3n) is 6.19. The maximum absolute atomic E-state index is 5.54. The Morgan fingerprint density at radius 1 is 0.958 bits per heavy atom. The molecular weight excluding hydrogens is 296 g/mol. The monoisotopic (exact) mass is 320 g/mol. The van der Waals surface area contributed by atoms with Crippen LogP contribution in [0.15, 0.2) is 48.5 Å². The fourth-order valence-corrected chi connectivity index (χ4v) is 5.22. The van der Waals surface area contributed by atoms with E-state index in [1.54, 1.807) is 7.11 Å². The first kappa shape index (κ1) is 14.2. The molecule has 2 aromatic rings. The van der Waals surface area contributed by atoms with Crippen LogP contribution in [0.5, 0.6) is 5.75 Å². The standard InChI is InChI=1S/C21H24N2O/c1-24-16-9-10-20-18(14-16)21-17(19-8-5-12-23(19)20)11-13-22(21)15-6-3-2-4-7-15/h2-4,6-7,9-10,14,17,19,21H,5,8,11-13H2,1H3/t17-,19-,21-/m1/s1. The number of nitrogens with zero attached hydrogens (tertiary/aromatic N) is 2. The summed E-state index contributed by atoms with van der Waals surface area (Å²) in [6.45, 7) is 2.36. The molecule has 0 spiro atoms. The number of benzene rings is 2. The molecule has 0 unspecified atom stereocenters. The molecule has 3 atom stereocenters. The molecule has 0 radical (unpaired) electrons. The van der Waals surface area contributed by atoms with Gasteiger partial charge in [0.25, 0.3) is 0 Å². The Morgan fingerprint density at radius 3 is 2.67 bits per heavy atom. The predicted octanol–water partition coefficient (Wildman–Crippen LogP) is 4.25. The largest absolute Gasteiger partial charge is 0.497 e. The number of fused-ring (bicyclic) bond motifs is 6. The van der Waals surface area contributed by atoms with E-state index in [-0.39, 0.29) is 0 Å². The number of ether oxygens (including phenoxy) is 1. The van der Waals surface area contributed by atoms with Crippen molar-refractivity contribution in [3.8, 4) is 5.75 Å². The van der Waals surface area contributed by atoms with E-state index in [0.29, 0.717) is 12.1 Å². The van der Waals surface area contributed by atoms with E-state index < -0.39 is 0 Å². The van der Waals surface area contributed by atoms with Crippen LogP contribution in [0.4, 0.5) is 11.4 Å². The van der Waals surface area contributed by atoms with Crippen LogP contribution in [0.2, 0.25) is 0 Å². The Hall–Kier alpha value is -2.16. The van der Waals surface area contributed by atoms with Crippen molar-refractivity contribution in [1.82, 2.24) is 0 Å². The minimum Gasteiger partial charge on any atom is -0.497 e. The maximum atomic E-state index is 5.54. The molecule has 3 heterocycles. The van der Waals surface area contributed by atoms with Crippen LogP contribution in [0, 0.1) is 5.92 Å². The van der Waals surface area contributed by atoms with Gasteiger partial charge in [-0.2, -0.15) is 0 Å². The topological polar surface area (TPSA) is 15.7 Å². The lowest BCUT2D eigenvalue weighted by Crippen LogP contribution is -2.44. The Bertz CT molecular complexity index is 745. The van der Waals surface area contributed by atoms with E-state index in [1.165, 1.54) is 42.7 Å². The van der Waals surface area contributed by atoms with Crippen molar-refractivity contribution in [1.29, 1.82) is 0 Å². The predicted molar refractivity (Wildman–Crippen MR) is 98.0 cm³/mol. The molecule has 2 saturated heterocycles. The van der Waals surface area contributed by atoms with Crippen LogP contribution >= 0.6 is 0 Å². The van der Waals surface area contributed by atoms with Crippen LogP contribution in [0.1, 0.15) is 30.9 Å². The lowest BCUT2D eigenvalue weighted by Gasteiger charge is -2.44. The van der Waals surface area contributed by atoms with Gasteiger partial charge in [-0.3, -0.25) is 0 Å². The maximum Gasteiger partial charge on any atom is 0.119 e. The van der Waals surface area contributed by atoms with Crippen molar-refractivity contribution >= 4 is 11.4 Å². The molecule has 5 rings (SSSR count). The van der Waals surface area contributed by atoms with Crippen LogP contribution in [0.25, 0.3) is 0 Å². The summed E-state index contributed by atoms with van der Waals surface area (Å²) in [5.41, 5.74) is 4.24. The summed E-state index contributed by atoms with van der Waals surface area (Å²) >= 11 is 0. The molecule has 24 heavy (non-hydrogen) atoms. The third kappa shape index (κ3) is 1.97. The molecule has 2 fully saturated rings. The zero-order valence-corrected chi connectivity index (χ0v) is 14.2. The number of rotatable bonds is 2. The second-order valence-corrected chi connectivity index (χ2v) is 7.25. The summed E-state index contributed by atoms with van der Waals surface area (Å²) in [5.74, 6) is 1.71. The summed E-state index contributed by atoms with van der Waals surface area (Å²) < 4.78 is 5.54. The van der Waals surface area contributed by atoms with Crippen molar-refractivity contribution < 1.29 is 4.74 Å². The number of hydrogen-bond acceptors (Lipinski definition) is 3. The zero-order chi connectivity index (χ0) is 16.1. The van der Waals surface area contributed by atoms with Crippen molar-refractivity contribution in [2.45, 2.75) is 31.3 Å². The lowest BCUT2D eigenvalue weighted by atomic mass is 9.81. The first-order chi connectivity index (χ1) is 11.9. The summed E-state index contributed by atoms with van der Waals surface area (Å²) in [4.78, 5) is 5.29. The van der Waals surface area contributed by atoms with Crippen LogP contribution in [-0.4, -0.2) is 26.2 Å². The van der Waals surface area contributed by atoms with Gasteiger partial charge in [-0.1, -0.05) is 18.2 Å². The van der Waals surface area contributed by atoms with E-state index in [4.69, 9.17) is 4.74 Å². The molecule has 0 saturated carbocycles. The number of para-hydroxylation sites is 1. The molecule has 0 N–H and O–H groups in total. The average Bonchev–Trinajstić information content (AvgIpc) is 3.29. The van der Waals surface area contributed by atoms with Gasteiger partial charge < -0.3 is 14.5 Å². The minimum atomic E-state index is 0.483. The van der Waals surface area contributed by atoms with Crippen molar-refractivity contribution in [3.63, 3.8) is 0 Å². The SMILES string of the molecule is COc1ccc2c(c1)[C@H]1[C@H](CCN1c1ccccc1)[C@H]1CCCN21. The Morgan fingerprint density at radius 2 is 1.83 bits per heavy atom. The molecule has 3 aliphatic heterocycles. The van der Waals surface area contributed by atoms with E-state index >= 15 is 0 Å². The minimum absolute atomic E-state index is 0.483. The first-order valence-electron chi connectivity index (χ1n) is 9.13. The molecule has 2 aromatic carbocycles. The van der Waals surface area contributed by atoms with Crippen LogP contribution < -0.4 is 14.5 Å². The normalized spacial score (nSPS) is 27.6. The van der Waals surface area contributed by atoms with Crippen molar-refractivity contribution in [2.24, 2.45) is 5.92 Å². The summed E-state index contributed by atoms with van der Waals surface area (Å²) in [6, 6.07) is 18.8. The molecular formula is C21H24N2O. The molecule has 3 aliphatic rings. The third-order valence-corrected chi connectivity index (χ3v) is 6.19. The molecule has 124 valence electrons. The molecule has 3 nitrogen and oxygen atoms in total. The van der Waals surface area contributed by atoms with Gasteiger partial charge in [0.05, 0.1) is 13.2 Å². The second kappa shape index (κ2) is 5.44. The summed E-state index contributed by atoms with van der Waals surface area (Å²) in [5, 5.41) is 0. The molecule has 0 aromatic heterocycles. The number of anilines is 2. The molecule has 0 amide bonds. The Kier molecular flexibility index (Phi) is 3.22. The lowest BCUT2D eigenvalue weighted by molar-refractivity contribution is 0.370. The zero-order valence-electron chi connectivity index (χ0n) is 14.2. The Balaban J connectivity index is 1.65. The quantitative estimate of drug-likeness (QED) is 0.823. The van der Waals surface area contributed by atoms with E-state index in [0.717, 1.165) is 18.2 Å². The molecule has 3 heteroatoms. The van der Waals surface area contributed by atoms with Crippen molar-refractivity contribution in [2.75, 3.05) is 30.0 Å². The van der Waals surface area contributed by atoms with Crippen LogP contribution in [0.3, 0.4) is 0 Å². The van der Waals surface area contributed by atoms with Gasteiger partial charge >= 0.3 is 0 Å². The van der Waals surface area contributed by atoms with Gasteiger partial charge in [0, 0.05) is 42.0 Å². The van der Waals surface area contributed by atoms with E-state index in [9.17, 15) is 0 Å². The van der Waals surface area contributed by atoms with Gasteiger partial charge in [0.1, 0.15) is 5.75 Å². The highest BCUT2D eigenvalue weighted by Crippen LogP contribution is 2.53. The molecule has 0 bridgehead atoms. The van der Waals surface area contributed by atoms with Gasteiger partial charge in [-0.25, -0.2) is 0 Å². The summed E-state index contributed by atoms with van der Waals surface area (Å²) in [7, 11) is 1.77.